The first-order chi connectivity index (χ1) is 12.3. The summed E-state index contributed by atoms with van der Waals surface area (Å²) in [5.41, 5.74) is 1.98. The number of rotatable bonds is 3. The number of esters is 1. The quantitative estimate of drug-likeness (QED) is 0.640. The van der Waals surface area contributed by atoms with E-state index in [1.54, 1.807) is 13.0 Å². The molecule has 0 saturated carbocycles. The molecule has 0 aliphatic carbocycles. The minimum Gasteiger partial charge on any atom is -0.457 e. The molecule has 0 fully saturated rings. The topological polar surface area (TPSA) is 52.1 Å². The number of hydrogen-bond donors (Lipinski definition) is 0. The molecule has 2 aromatic carbocycles. The number of aryl methyl sites for hydroxylation is 2. The average Bonchev–Trinajstić information content (AvgIpc) is 2.59. The zero-order valence-corrected chi connectivity index (χ0v) is 14.1. The Morgan fingerprint density at radius 3 is 2.35 bits per heavy atom. The van der Waals surface area contributed by atoms with E-state index in [0.717, 1.165) is 17.5 Å². The van der Waals surface area contributed by atoms with E-state index in [2.05, 4.69) is 9.97 Å². The maximum atomic E-state index is 13.0. The van der Waals surface area contributed by atoms with Crippen LogP contribution in [0.2, 0.25) is 0 Å². The van der Waals surface area contributed by atoms with Gasteiger partial charge in [-0.15, -0.1) is 0 Å². The third-order valence-electron chi connectivity index (χ3n) is 3.99. The average molecular weight is 360 g/mol. The van der Waals surface area contributed by atoms with Crippen LogP contribution in [0.3, 0.4) is 0 Å². The van der Waals surface area contributed by atoms with Gasteiger partial charge >= 0.3 is 12.1 Å². The number of hydrogen-bond acceptors (Lipinski definition) is 4. The molecule has 0 saturated heterocycles. The van der Waals surface area contributed by atoms with E-state index in [4.69, 9.17) is 4.74 Å². The van der Waals surface area contributed by atoms with E-state index in [1.165, 1.54) is 30.3 Å². The van der Waals surface area contributed by atoms with Gasteiger partial charge in [0.15, 0.2) is 0 Å². The van der Waals surface area contributed by atoms with Crippen LogP contribution in [0.1, 0.15) is 32.9 Å². The summed E-state index contributed by atoms with van der Waals surface area (Å²) in [6, 6.07) is 9.68. The fourth-order valence-electron chi connectivity index (χ4n) is 2.51. The van der Waals surface area contributed by atoms with Crippen molar-refractivity contribution in [3.63, 3.8) is 0 Å². The number of fused-ring (bicyclic) bond motifs is 1. The van der Waals surface area contributed by atoms with Crippen LogP contribution in [0.25, 0.3) is 11.0 Å². The second kappa shape index (κ2) is 6.74. The first-order valence-electron chi connectivity index (χ1n) is 7.83. The summed E-state index contributed by atoms with van der Waals surface area (Å²) in [7, 11) is 0. The molecule has 0 unspecified atom stereocenters. The summed E-state index contributed by atoms with van der Waals surface area (Å²) in [5.74, 6) is -0.719. The van der Waals surface area contributed by atoms with Crippen molar-refractivity contribution in [2.45, 2.75) is 26.6 Å². The van der Waals surface area contributed by atoms with Gasteiger partial charge in [-0.1, -0.05) is 18.2 Å². The highest BCUT2D eigenvalue weighted by atomic mass is 19.4. The molecule has 134 valence electrons. The number of ether oxygens (including phenoxy) is 1. The number of benzene rings is 2. The molecule has 0 atom stereocenters. The van der Waals surface area contributed by atoms with Gasteiger partial charge in [0.25, 0.3) is 0 Å². The summed E-state index contributed by atoms with van der Waals surface area (Å²) in [4.78, 5) is 21.0. The molecule has 1 aromatic heterocycles. The van der Waals surface area contributed by atoms with Gasteiger partial charge in [-0.25, -0.2) is 14.8 Å². The van der Waals surface area contributed by atoms with Crippen LogP contribution in [-0.4, -0.2) is 15.9 Å². The smallest absolute Gasteiger partial charge is 0.416 e. The summed E-state index contributed by atoms with van der Waals surface area (Å²) >= 11 is 0. The minimum atomic E-state index is -4.50. The van der Waals surface area contributed by atoms with Crippen LogP contribution >= 0.6 is 0 Å². The molecule has 0 aliphatic rings. The second-order valence-corrected chi connectivity index (χ2v) is 5.83. The molecule has 26 heavy (non-hydrogen) atoms. The second-order valence-electron chi connectivity index (χ2n) is 5.83. The van der Waals surface area contributed by atoms with Gasteiger partial charge in [0, 0.05) is 5.56 Å². The van der Waals surface area contributed by atoms with E-state index in [-0.39, 0.29) is 11.1 Å². The highest BCUT2D eigenvalue weighted by Gasteiger charge is 2.33. The Morgan fingerprint density at radius 1 is 1.00 bits per heavy atom. The van der Waals surface area contributed by atoms with Crippen molar-refractivity contribution >= 4 is 17.0 Å². The molecule has 3 aromatic rings. The summed E-state index contributed by atoms with van der Waals surface area (Å²) in [6.45, 7) is 3.17. The maximum Gasteiger partial charge on any atom is 0.416 e. The van der Waals surface area contributed by atoms with Crippen LogP contribution in [0, 0.1) is 13.8 Å². The molecule has 0 amide bonds. The lowest BCUT2D eigenvalue weighted by atomic mass is 10.1. The van der Waals surface area contributed by atoms with Crippen LogP contribution in [0.5, 0.6) is 0 Å². The molecule has 0 spiro atoms. The van der Waals surface area contributed by atoms with Crippen molar-refractivity contribution in [1.82, 2.24) is 9.97 Å². The van der Waals surface area contributed by atoms with E-state index in [1.807, 2.05) is 6.92 Å². The fraction of sp³-hybridized carbons (Fsp3) is 0.211. The van der Waals surface area contributed by atoms with Crippen molar-refractivity contribution < 1.29 is 22.7 Å². The number of nitrogens with zero attached hydrogens (tertiary/aromatic N) is 2. The molecule has 3 rings (SSSR count). The Balaban J connectivity index is 1.81. The molecule has 0 aliphatic heterocycles. The Labute approximate surface area is 147 Å². The van der Waals surface area contributed by atoms with Crippen molar-refractivity contribution in [3.8, 4) is 0 Å². The van der Waals surface area contributed by atoms with Gasteiger partial charge in [-0.3, -0.25) is 0 Å². The molecular weight excluding hydrogens is 345 g/mol. The van der Waals surface area contributed by atoms with Gasteiger partial charge in [0.05, 0.1) is 33.5 Å². The number of aromatic nitrogens is 2. The van der Waals surface area contributed by atoms with E-state index < -0.39 is 24.3 Å². The van der Waals surface area contributed by atoms with Crippen LogP contribution < -0.4 is 0 Å². The minimum absolute atomic E-state index is 0.0969. The van der Waals surface area contributed by atoms with Crippen LogP contribution in [-0.2, 0) is 17.5 Å². The number of carbonyl (C=O) groups excluding carboxylic acids is 1. The van der Waals surface area contributed by atoms with Crippen LogP contribution in [0.4, 0.5) is 13.2 Å². The number of carbonyl (C=O) groups is 1. The highest BCUT2D eigenvalue weighted by molar-refractivity contribution is 5.93. The Kier molecular flexibility index (Phi) is 4.63. The highest BCUT2D eigenvalue weighted by Crippen LogP contribution is 2.32. The lowest BCUT2D eigenvalue weighted by molar-refractivity contribution is -0.138. The SMILES string of the molecule is Cc1nc2ccc(C(=O)OCc3ccccc3C(F)(F)F)cc2nc1C. The first-order valence-corrected chi connectivity index (χ1v) is 7.83. The van der Waals surface area contributed by atoms with Crippen molar-refractivity contribution in [3.05, 3.63) is 70.5 Å². The molecule has 4 nitrogen and oxygen atoms in total. The van der Waals surface area contributed by atoms with Crippen LogP contribution in [0.15, 0.2) is 42.5 Å². The molecule has 7 heteroatoms. The van der Waals surface area contributed by atoms with E-state index in [0.29, 0.717) is 11.0 Å². The Bertz CT molecular complexity index is 984. The summed E-state index contributed by atoms with van der Waals surface area (Å²) in [5, 5.41) is 0. The van der Waals surface area contributed by atoms with E-state index >= 15 is 0 Å². The van der Waals surface area contributed by atoms with Gasteiger partial charge < -0.3 is 4.74 Å². The molecule has 0 N–H and O–H groups in total. The van der Waals surface area contributed by atoms with Gasteiger partial charge in [0.2, 0.25) is 0 Å². The number of alkyl halides is 3. The largest absolute Gasteiger partial charge is 0.457 e. The predicted octanol–water partition coefficient (Wildman–Crippen LogP) is 4.62. The molecule has 1 heterocycles. The van der Waals surface area contributed by atoms with Crippen molar-refractivity contribution in [2.24, 2.45) is 0 Å². The zero-order chi connectivity index (χ0) is 18.9. The number of halogens is 3. The lowest BCUT2D eigenvalue weighted by Crippen LogP contribution is -2.12. The van der Waals surface area contributed by atoms with Gasteiger partial charge in [-0.2, -0.15) is 13.2 Å². The summed E-state index contributed by atoms with van der Waals surface area (Å²) < 4.78 is 44.0. The standard InChI is InChI=1S/C19H15F3N2O2/c1-11-12(2)24-17-9-13(7-8-16(17)23-11)18(25)26-10-14-5-3-4-6-15(14)19(20,21)22/h3-9H,10H2,1-2H3. The first kappa shape index (κ1) is 17.8. The fourth-order valence-corrected chi connectivity index (χ4v) is 2.51. The van der Waals surface area contributed by atoms with Gasteiger partial charge in [-0.05, 0) is 38.1 Å². The Hall–Kier alpha value is -2.96. The molecule has 0 radical (unpaired) electrons. The Morgan fingerprint density at radius 2 is 1.65 bits per heavy atom. The zero-order valence-electron chi connectivity index (χ0n) is 14.1. The maximum absolute atomic E-state index is 13.0. The van der Waals surface area contributed by atoms with Gasteiger partial charge in [0.1, 0.15) is 6.61 Å². The van der Waals surface area contributed by atoms with E-state index in [9.17, 15) is 18.0 Å². The summed E-state index contributed by atoms with van der Waals surface area (Å²) in [6.07, 6.45) is -4.50. The third kappa shape index (κ3) is 3.66. The van der Waals surface area contributed by atoms with Crippen molar-refractivity contribution in [1.29, 1.82) is 0 Å². The lowest BCUT2D eigenvalue weighted by Gasteiger charge is -2.13. The monoisotopic (exact) mass is 360 g/mol. The normalized spacial score (nSPS) is 11.6. The third-order valence-corrected chi connectivity index (χ3v) is 3.99. The predicted molar refractivity (Wildman–Crippen MR) is 89.6 cm³/mol. The molecular formula is C19H15F3N2O2. The molecule has 0 bridgehead atoms. The van der Waals surface area contributed by atoms with Crippen molar-refractivity contribution in [2.75, 3.05) is 0 Å².